The number of piperidine rings is 1. The lowest BCUT2D eigenvalue weighted by atomic mass is 9.75. The van der Waals surface area contributed by atoms with Crippen LogP contribution < -0.4 is 5.73 Å². The minimum Gasteiger partial charge on any atom is -0.480 e. The van der Waals surface area contributed by atoms with Crippen molar-refractivity contribution in [2.75, 3.05) is 19.6 Å². The lowest BCUT2D eigenvalue weighted by Crippen LogP contribution is -2.50. The molecule has 1 unspecified atom stereocenters. The Hall–Kier alpha value is -0.610. The average molecular weight is 228 g/mol. The smallest absolute Gasteiger partial charge is 0.322 e. The summed E-state index contributed by atoms with van der Waals surface area (Å²) in [7, 11) is 0. The van der Waals surface area contributed by atoms with Crippen LogP contribution in [0.15, 0.2) is 0 Å². The van der Waals surface area contributed by atoms with E-state index in [1.54, 1.807) is 0 Å². The van der Waals surface area contributed by atoms with E-state index in [0.717, 1.165) is 25.9 Å². The largest absolute Gasteiger partial charge is 0.480 e. The van der Waals surface area contributed by atoms with Gasteiger partial charge in [0.15, 0.2) is 0 Å². The predicted molar refractivity (Wildman–Crippen MR) is 64.2 cm³/mol. The molecule has 0 saturated carbocycles. The average Bonchev–Trinajstić information content (AvgIpc) is 2.17. The molecule has 1 saturated heterocycles. The van der Waals surface area contributed by atoms with Crippen molar-refractivity contribution >= 4 is 5.97 Å². The van der Waals surface area contributed by atoms with Crippen LogP contribution in [0.1, 0.15) is 33.6 Å². The van der Waals surface area contributed by atoms with Crippen LogP contribution in [0.2, 0.25) is 0 Å². The first-order chi connectivity index (χ1) is 7.36. The highest BCUT2D eigenvalue weighted by atomic mass is 16.4. The van der Waals surface area contributed by atoms with Gasteiger partial charge < -0.3 is 10.8 Å². The molecule has 1 aliphatic heterocycles. The maximum absolute atomic E-state index is 11.0. The minimum absolute atomic E-state index is 0.204. The van der Waals surface area contributed by atoms with E-state index >= 15 is 0 Å². The summed E-state index contributed by atoms with van der Waals surface area (Å²) in [6, 6.07) is -0.499. The third-order valence-electron chi connectivity index (χ3n) is 3.70. The highest BCUT2D eigenvalue weighted by Gasteiger charge is 2.32. The van der Waals surface area contributed by atoms with Crippen LogP contribution in [0.3, 0.4) is 0 Å². The summed E-state index contributed by atoms with van der Waals surface area (Å²) in [5, 5.41) is 9.03. The number of rotatable bonds is 3. The fourth-order valence-corrected chi connectivity index (χ4v) is 2.48. The van der Waals surface area contributed by atoms with Crippen LogP contribution in [0, 0.1) is 11.3 Å². The summed E-state index contributed by atoms with van der Waals surface area (Å²) in [5.41, 5.74) is 5.83. The minimum atomic E-state index is -0.795. The maximum Gasteiger partial charge on any atom is 0.322 e. The number of likely N-dealkylation sites (tertiary alicyclic amines) is 1. The van der Waals surface area contributed by atoms with Gasteiger partial charge in [-0.05, 0) is 37.3 Å². The zero-order valence-electron chi connectivity index (χ0n) is 10.6. The van der Waals surface area contributed by atoms with Crippen LogP contribution in [-0.4, -0.2) is 41.7 Å². The van der Waals surface area contributed by atoms with Gasteiger partial charge in [-0.1, -0.05) is 20.8 Å². The summed E-state index contributed by atoms with van der Waals surface area (Å²) >= 11 is 0. The Morgan fingerprint density at radius 3 is 2.25 bits per heavy atom. The fraction of sp³-hybridized carbons (Fsp3) is 0.917. The lowest BCUT2D eigenvalue weighted by molar-refractivity contribution is -0.143. The second-order valence-corrected chi connectivity index (χ2v) is 5.77. The molecular formula is C12H24N2O2. The number of aliphatic carboxylic acids is 1. The molecule has 1 heterocycles. The molecule has 1 atom stereocenters. The normalized spacial score (nSPS) is 22.0. The van der Waals surface area contributed by atoms with Crippen molar-refractivity contribution in [1.82, 2.24) is 4.90 Å². The van der Waals surface area contributed by atoms with Crippen LogP contribution >= 0.6 is 0 Å². The fourth-order valence-electron chi connectivity index (χ4n) is 2.48. The molecule has 0 bridgehead atoms. The van der Waals surface area contributed by atoms with Gasteiger partial charge in [-0.25, -0.2) is 0 Å². The van der Waals surface area contributed by atoms with Gasteiger partial charge in [0.1, 0.15) is 6.04 Å². The number of hydrogen-bond acceptors (Lipinski definition) is 3. The van der Waals surface area contributed by atoms with Crippen molar-refractivity contribution < 1.29 is 9.90 Å². The van der Waals surface area contributed by atoms with Crippen molar-refractivity contribution in [1.29, 1.82) is 0 Å². The van der Waals surface area contributed by atoms with Gasteiger partial charge in [0.05, 0.1) is 0 Å². The molecule has 0 amide bonds. The molecule has 94 valence electrons. The molecule has 1 aliphatic rings. The monoisotopic (exact) mass is 228 g/mol. The summed E-state index contributed by atoms with van der Waals surface area (Å²) in [4.78, 5) is 13.0. The summed E-state index contributed by atoms with van der Waals surface area (Å²) < 4.78 is 0. The lowest BCUT2D eigenvalue weighted by Gasteiger charge is -2.40. The van der Waals surface area contributed by atoms with E-state index in [0.29, 0.717) is 11.3 Å². The van der Waals surface area contributed by atoms with E-state index in [9.17, 15) is 4.79 Å². The molecule has 3 N–H and O–H groups in total. The molecule has 16 heavy (non-hydrogen) atoms. The third-order valence-corrected chi connectivity index (χ3v) is 3.70. The molecule has 0 radical (unpaired) electrons. The van der Waals surface area contributed by atoms with Crippen LogP contribution in [0.5, 0.6) is 0 Å². The van der Waals surface area contributed by atoms with E-state index in [1.807, 2.05) is 4.90 Å². The first-order valence-electron chi connectivity index (χ1n) is 6.03. The second kappa shape index (κ2) is 5.15. The summed E-state index contributed by atoms with van der Waals surface area (Å²) in [5.74, 6) is -0.104. The van der Waals surface area contributed by atoms with E-state index in [4.69, 9.17) is 10.8 Å². The number of hydrogen-bond donors (Lipinski definition) is 2. The Morgan fingerprint density at radius 1 is 1.44 bits per heavy atom. The number of nitrogens with two attached hydrogens (primary N) is 1. The SMILES string of the molecule is CC(C)(C)C1CCN(C(CN)C(=O)O)CC1. The van der Waals surface area contributed by atoms with Crippen molar-refractivity contribution in [3.8, 4) is 0 Å². The highest BCUT2D eigenvalue weighted by molar-refractivity contribution is 5.73. The quantitative estimate of drug-likeness (QED) is 0.760. The summed E-state index contributed by atoms with van der Waals surface area (Å²) in [6.45, 7) is 8.68. The zero-order chi connectivity index (χ0) is 12.3. The van der Waals surface area contributed by atoms with Crippen molar-refractivity contribution in [3.63, 3.8) is 0 Å². The van der Waals surface area contributed by atoms with E-state index in [1.165, 1.54) is 0 Å². The first-order valence-corrected chi connectivity index (χ1v) is 6.03. The van der Waals surface area contributed by atoms with Gasteiger partial charge in [-0.15, -0.1) is 0 Å². The van der Waals surface area contributed by atoms with E-state index < -0.39 is 12.0 Å². The molecular weight excluding hydrogens is 204 g/mol. The van der Waals surface area contributed by atoms with Gasteiger partial charge in [-0.3, -0.25) is 9.69 Å². The van der Waals surface area contributed by atoms with Gasteiger partial charge in [0.25, 0.3) is 0 Å². The third kappa shape index (κ3) is 3.19. The number of carboxylic acids is 1. The molecule has 4 heteroatoms. The van der Waals surface area contributed by atoms with E-state index in [2.05, 4.69) is 20.8 Å². The molecule has 0 aliphatic carbocycles. The summed E-state index contributed by atoms with van der Waals surface area (Å²) in [6.07, 6.45) is 2.15. The Labute approximate surface area is 97.8 Å². The van der Waals surface area contributed by atoms with Gasteiger partial charge in [-0.2, -0.15) is 0 Å². The Bertz CT molecular complexity index is 240. The van der Waals surface area contributed by atoms with Crippen LogP contribution in [0.4, 0.5) is 0 Å². The van der Waals surface area contributed by atoms with Crippen LogP contribution in [-0.2, 0) is 4.79 Å². The molecule has 0 aromatic carbocycles. The van der Waals surface area contributed by atoms with Crippen molar-refractivity contribution in [2.45, 2.75) is 39.7 Å². The molecule has 1 rings (SSSR count). The number of carbonyl (C=O) groups is 1. The van der Waals surface area contributed by atoms with Crippen molar-refractivity contribution in [3.05, 3.63) is 0 Å². The molecule has 0 aromatic rings. The Morgan fingerprint density at radius 2 is 1.94 bits per heavy atom. The van der Waals surface area contributed by atoms with Gasteiger partial charge in [0, 0.05) is 6.54 Å². The molecule has 0 spiro atoms. The standard InChI is InChI=1S/C12H24N2O2/c1-12(2,3)9-4-6-14(7-5-9)10(8-13)11(15)16/h9-10H,4-8,13H2,1-3H3,(H,15,16). The molecule has 0 aromatic heterocycles. The molecule has 1 fully saturated rings. The van der Waals surface area contributed by atoms with E-state index in [-0.39, 0.29) is 6.54 Å². The van der Waals surface area contributed by atoms with Gasteiger partial charge >= 0.3 is 5.97 Å². The maximum atomic E-state index is 11.0. The number of carboxylic acid groups (broad SMARTS) is 1. The topological polar surface area (TPSA) is 66.6 Å². The zero-order valence-corrected chi connectivity index (χ0v) is 10.6. The Kier molecular flexibility index (Phi) is 4.33. The first kappa shape index (κ1) is 13.5. The Balaban J connectivity index is 2.51. The highest BCUT2D eigenvalue weighted by Crippen LogP contribution is 2.34. The molecule has 4 nitrogen and oxygen atoms in total. The predicted octanol–water partition coefficient (Wildman–Crippen LogP) is 1.16. The van der Waals surface area contributed by atoms with Crippen LogP contribution in [0.25, 0.3) is 0 Å². The second-order valence-electron chi connectivity index (χ2n) is 5.77. The van der Waals surface area contributed by atoms with Gasteiger partial charge in [0.2, 0.25) is 0 Å². The number of nitrogens with zero attached hydrogens (tertiary/aromatic N) is 1. The van der Waals surface area contributed by atoms with Crippen molar-refractivity contribution in [2.24, 2.45) is 17.1 Å².